The summed E-state index contributed by atoms with van der Waals surface area (Å²) in [7, 11) is 0. The molecule has 0 saturated heterocycles. The first-order valence-corrected chi connectivity index (χ1v) is 6.97. The molecule has 0 unspecified atom stereocenters. The fourth-order valence-electron chi connectivity index (χ4n) is 1.81. The van der Waals surface area contributed by atoms with E-state index in [-0.39, 0.29) is 5.75 Å². The van der Waals surface area contributed by atoms with Crippen LogP contribution >= 0.6 is 0 Å². The van der Waals surface area contributed by atoms with Crippen molar-refractivity contribution >= 4 is 6.09 Å². The van der Waals surface area contributed by atoms with Gasteiger partial charge in [-0.1, -0.05) is 0 Å². The Morgan fingerprint density at radius 1 is 1.32 bits per heavy atom. The zero-order valence-electron chi connectivity index (χ0n) is 12.9. The lowest BCUT2D eigenvalue weighted by molar-refractivity contribution is 0.0525. The minimum atomic E-state index is -0.509. The molecular weight excluding hydrogens is 284 g/mol. The average Bonchev–Trinajstić information content (AvgIpc) is 2.85. The van der Waals surface area contributed by atoms with E-state index >= 15 is 0 Å². The molecule has 0 aliphatic carbocycles. The molecule has 7 nitrogen and oxygen atoms in total. The van der Waals surface area contributed by atoms with Crippen molar-refractivity contribution in [1.29, 1.82) is 0 Å². The summed E-state index contributed by atoms with van der Waals surface area (Å²) >= 11 is 0. The molecule has 0 spiro atoms. The van der Waals surface area contributed by atoms with Crippen LogP contribution in [0.3, 0.4) is 0 Å². The van der Waals surface area contributed by atoms with E-state index < -0.39 is 11.7 Å². The largest absolute Gasteiger partial charge is 0.506 e. The van der Waals surface area contributed by atoms with Gasteiger partial charge < -0.3 is 15.2 Å². The van der Waals surface area contributed by atoms with Crippen LogP contribution in [0, 0.1) is 0 Å². The summed E-state index contributed by atoms with van der Waals surface area (Å²) in [6.07, 6.45) is 6.09. The van der Waals surface area contributed by atoms with Gasteiger partial charge in [0, 0.05) is 30.1 Å². The molecule has 118 valence electrons. The SMILES string of the molecule is CC(C)(C)OC(=O)NCCn1cc(-c2cncc(O)c2)cn1. The van der Waals surface area contributed by atoms with Gasteiger partial charge in [0.25, 0.3) is 0 Å². The van der Waals surface area contributed by atoms with Crippen LogP contribution in [0.1, 0.15) is 20.8 Å². The minimum Gasteiger partial charge on any atom is -0.506 e. The van der Waals surface area contributed by atoms with Crippen molar-refractivity contribution in [2.45, 2.75) is 32.9 Å². The summed E-state index contributed by atoms with van der Waals surface area (Å²) in [6.45, 7) is 6.38. The molecule has 0 radical (unpaired) electrons. The molecule has 0 bridgehead atoms. The number of nitrogens with one attached hydrogen (secondary N) is 1. The maximum absolute atomic E-state index is 11.5. The third-order valence-corrected chi connectivity index (χ3v) is 2.70. The Morgan fingerprint density at radius 2 is 2.09 bits per heavy atom. The van der Waals surface area contributed by atoms with E-state index in [1.54, 1.807) is 23.1 Å². The van der Waals surface area contributed by atoms with Crippen LogP contribution in [0.4, 0.5) is 4.79 Å². The molecule has 0 saturated carbocycles. The van der Waals surface area contributed by atoms with Crippen LogP contribution in [0.2, 0.25) is 0 Å². The Bertz CT molecular complexity index is 646. The number of pyridine rings is 1. The molecule has 7 heteroatoms. The Morgan fingerprint density at radius 3 is 2.77 bits per heavy atom. The Balaban J connectivity index is 1.87. The smallest absolute Gasteiger partial charge is 0.407 e. The number of aromatic hydroxyl groups is 1. The van der Waals surface area contributed by atoms with Crippen molar-refractivity contribution in [1.82, 2.24) is 20.1 Å². The van der Waals surface area contributed by atoms with Crippen molar-refractivity contribution in [3.63, 3.8) is 0 Å². The molecule has 22 heavy (non-hydrogen) atoms. The van der Waals surface area contributed by atoms with Gasteiger partial charge in [0.1, 0.15) is 11.4 Å². The number of alkyl carbamates (subject to hydrolysis) is 1. The van der Waals surface area contributed by atoms with Crippen LogP contribution < -0.4 is 5.32 Å². The third kappa shape index (κ3) is 4.76. The number of ether oxygens (including phenoxy) is 1. The summed E-state index contributed by atoms with van der Waals surface area (Å²) in [6, 6.07) is 1.62. The van der Waals surface area contributed by atoms with Crippen LogP contribution in [0.5, 0.6) is 5.75 Å². The number of hydrogen-bond acceptors (Lipinski definition) is 5. The first kappa shape index (κ1) is 15.8. The predicted octanol–water partition coefficient (Wildman–Crippen LogP) is 2.18. The van der Waals surface area contributed by atoms with Crippen molar-refractivity contribution < 1.29 is 14.6 Å². The van der Waals surface area contributed by atoms with E-state index in [2.05, 4.69) is 15.4 Å². The van der Waals surface area contributed by atoms with Crippen LogP contribution in [-0.4, -0.2) is 38.1 Å². The summed E-state index contributed by atoms with van der Waals surface area (Å²) < 4.78 is 6.85. The quantitative estimate of drug-likeness (QED) is 0.903. The maximum Gasteiger partial charge on any atom is 0.407 e. The fraction of sp³-hybridized carbons (Fsp3) is 0.400. The number of amides is 1. The van der Waals surface area contributed by atoms with Gasteiger partial charge in [-0.15, -0.1) is 0 Å². The van der Waals surface area contributed by atoms with Gasteiger partial charge >= 0.3 is 6.09 Å². The molecule has 0 aliphatic rings. The topological polar surface area (TPSA) is 89.3 Å². The van der Waals surface area contributed by atoms with Crippen LogP contribution in [0.25, 0.3) is 11.1 Å². The molecule has 2 N–H and O–H groups in total. The molecule has 2 aromatic heterocycles. The second-order valence-electron chi connectivity index (χ2n) is 5.85. The molecule has 0 fully saturated rings. The molecule has 2 aromatic rings. The Labute approximate surface area is 128 Å². The summed E-state index contributed by atoms with van der Waals surface area (Å²) in [4.78, 5) is 15.4. The maximum atomic E-state index is 11.5. The average molecular weight is 304 g/mol. The number of carbonyl (C=O) groups is 1. The summed E-state index contributed by atoms with van der Waals surface area (Å²) in [5, 5.41) is 16.3. The molecule has 2 rings (SSSR count). The lowest BCUT2D eigenvalue weighted by atomic mass is 10.2. The van der Waals surface area contributed by atoms with Gasteiger partial charge in [-0.2, -0.15) is 5.10 Å². The third-order valence-electron chi connectivity index (χ3n) is 2.70. The van der Waals surface area contributed by atoms with E-state index in [4.69, 9.17) is 4.74 Å². The van der Waals surface area contributed by atoms with Gasteiger partial charge in [-0.25, -0.2) is 4.79 Å². The Kier molecular flexibility index (Phi) is 4.65. The lowest BCUT2D eigenvalue weighted by Crippen LogP contribution is -2.34. The number of hydrogen-bond donors (Lipinski definition) is 2. The summed E-state index contributed by atoms with van der Waals surface area (Å²) in [5.74, 6) is 0.108. The van der Waals surface area contributed by atoms with E-state index in [9.17, 15) is 9.90 Å². The van der Waals surface area contributed by atoms with E-state index in [0.717, 1.165) is 11.1 Å². The number of nitrogens with zero attached hydrogens (tertiary/aromatic N) is 3. The lowest BCUT2D eigenvalue weighted by Gasteiger charge is -2.19. The molecule has 0 atom stereocenters. The zero-order valence-corrected chi connectivity index (χ0v) is 12.9. The normalized spacial score (nSPS) is 11.2. The highest BCUT2D eigenvalue weighted by atomic mass is 16.6. The number of rotatable bonds is 4. The molecular formula is C15H20N4O3. The van der Waals surface area contributed by atoms with Crippen LogP contribution in [-0.2, 0) is 11.3 Å². The highest BCUT2D eigenvalue weighted by Gasteiger charge is 2.15. The van der Waals surface area contributed by atoms with Crippen LogP contribution in [0.15, 0.2) is 30.9 Å². The highest BCUT2D eigenvalue weighted by Crippen LogP contribution is 2.20. The van der Waals surface area contributed by atoms with Gasteiger partial charge in [-0.05, 0) is 26.8 Å². The standard InChI is InChI=1S/C15H20N4O3/c1-15(2,3)22-14(21)17-4-5-19-10-12(8-18-19)11-6-13(20)9-16-7-11/h6-10,20H,4-5H2,1-3H3,(H,17,21). The second kappa shape index (κ2) is 6.46. The van der Waals surface area contributed by atoms with Gasteiger partial charge in [0.15, 0.2) is 0 Å². The Hall–Kier alpha value is -2.57. The molecule has 0 aromatic carbocycles. The number of aromatic nitrogens is 3. The van der Waals surface area contributed by atoms with E-state index in [1.165, 1.54) is 6.20 Å². The molecule has 1 amide bonds. The molecule has 2 heterocycles. The van der Waals surface area contributed by atoms with Crippen molar-refractivity contribution in [2.75, 3.05) is 6.54 Å². The first-order valence-electron chi connectivity index (χ1n) is 6.97. The molecule has 0 aliphatic heterocycles. The zero-order chi connectivity index (χ0) is 16.2. The van der Waals surface area contributed by atoms with Gasteiger partial charge in [0.05, 0.1) is 18.9 Å². The van der Waals surface area contributed by atoms with E-state index in [1.807, 2.05) is 27.0 Å². The summed E-state index contributed by atoms with van der Waals surface area (Å²) in [5.41, 5.74) is 1.12. The second-order valence-corrected chi connectivity index (χ2v) is 5.85. The first-order chi connectivity index (χ1) is 10.3. The van der Waals surface area contributed by atoms with Crippen molar-refractivity contribution in [3.8, 4) is 16.9 Å². The van der Waals surface area contributed by atoms with E-state index in [0.29, 0.717) is 13.1 Å². The minimum absolute atomic E-state index is 0.108. The van der Waals surface area contributed by atoms with Crippen molar-refractivity contribution in [3.05, 3.63) is 30.9 Å². The highest BCUT2D eigenvalue weighted by molar-refractivity contribution is 5.67. The van der Waals surface area contributed by atoms with Crippen molar-refractivity contribution in [2.24, 2.45) is 0 Å². The monoisotopic (exact) mass is 304 g/mol. The fourth-order valence-corrected chi connectivity index (χ4v) is 1.81. The van der Waals surface area contributed by atoms with Gasteiger partial charge in [0.2, 0.25) is 0 Å². The predicted molar refractivity (Wildman–Crippen MR) is 81.4 cm³/mol. The van der Waals surface area contributed by atoms with Gasteiger partial charge in [-0.3, -0.25) is 9.67 Å². The number of carbonyl (C=O) groups excluding carboxylic acids is 1.